The first kappa shape index (κ1) is 15.4. The van der Waals surface area contributed by atoms with E-state index in [1.165, 1.54) is 12.1 Å². The maximum absolute atomic E-state index is 11.1. The number of hydrogen-bond donors (Lipinski definition) is 1. The highest BCUT2D eigenvalue weighted by Gasteiger charge is 2.14. The molecule has 0 bridgehead atoms. The lowest BCUT2D eigenvalue weighted by atomic mass is 10.1. The van der Waals surface area contributed by atoms with Crippen molar-refractivity contribution < 1.29 is 4.92 Å². The maximum Gasteiger partial charge on any atom is 0.289 e. The van der Waals surface area contributed by atoms with Crippen molar-refractivity contribution in [1.82, 2.24) is 4.98 Å². The standard InChI is InChI=1S/C19H12ClN3O2/c20-15-10-9-12(11-18(15)23(24)25)21-19-13-5-1-3-7-16(13)22-17-8-4-2-6-14(17)19/h1-11H,(H,21,22). The summed E-state index contributed by atoms with van der Waals surface area (Å²) in [7, 11) is 0. The minimum atomic E-state index is -0.490. The minimum absolute atomic E-state index is 0.111. The number of nitro groups is 1. The molecule has 0 aliphatic heterocycles. The Morgan fingerprint density at radius 2 is 1.52 bits per heavy atom. The Bertz CT molecular complexity index is 1070. The number of nitro benzene ring substituents is 1. The van der Waals surface area contributed by atoms with Crippen molar-refractivity contribution in [1.29, 1.82) is 0 Å². The molecule has 0 aliphatic rings. The molecule has 0 atom stereocenters. The number of para-hydroxylation sites is 2. The lowest BCUT2D eigenvalue weighted by molar-refractivity contribution is -0.384. The SMILES string of the molecule is O=[N+]([O-])c1cc(Nc2c3ccccc3nc3ccccc23)ccc1Cl. The van der Waals surface area contributed by atoms with Gasteiger partial charge in [-0.05, 0) is 24.3 Å². The fourth-order valence-electron chi connectivity index (χ4n) is 2.85. The Morgan fingerprint density at radius 3 is 2.12 bits per heavy atom. The summed E-state index contributed by atoms with van der Waals surface area (Å²) in [4.78, 5) is 15.3. The largest absolute Gasteiger partial charge is 0.354 e. The van der Waals surface area contributed by atoms with Gasteiger partial charge in [0.05, 0.1) is 21.6 Å². The van der Waals surface area contributed by atoms with Gasteiger partial charge in [-0.25, -0.2) is 4.98 Å². The minimum Gasteiger partial charge on any atom is -0.354 e. The van der Waals surface area contributed by atoms with Crippen LogP contribution in [0.15, 0.2) is 66.7 Å². The van der Waals surface area contributed by atoms with Crippen molar-refractivity contribution >= 4 is 50.5 Å². The number of anilines is 2. The molecule has 0 unspecified atom stereocenters. The van der Waals surface area contributed by atoms with Gasteiger partial charge in [-0.1, -0.05) is 48.0 Å². The summed E-state index contributed by atoms with van der Waals surface area (Å²) in [6.07, 6.45) is 0. The van der Waals surface area contributed by atoms with Crippen LogP contribution in [-0.2, 0) is 0 Å². The van der Waals surface area contributed by atoms with Crippen LogP contribution in [0, 0.1) is 10.1 Å². The van der Waals surface area contributed by atoms with Crippen LogP contribution in [0.3, 0.4) is 0 Å². The molecule has 0 amide bonds. The van der Waals surface area contributed by atoms with E-state index in [1.54, 1.807) is 6.07 Å². The lowest BCUT2D eigenvalue weighted by Gasteiger charge is -2.13. The first-order valence-corrected chi connectivity index (χ1v) is 8.00. The van der Waals surface area contributed by atoms with Gasteiger partial charge in [0.2, 0.25) is 0 Å². The molecule has 0 aliphatic carbocycles. The van der Waals surface area contributed by atoms with E-state index < -0.39 is 4.92 Å². The second-order valence-electron chi connectivity index (χ2n) is 5.57. The molecule has 0 radical (unpaired) electrons. The molecule has 0 fully saturated rings. The van der Waals surface area contributed by atoms with Gasteiger partial charge in [-0.2, -0.15) is 0 Å². The zero-order chi connectivity index (χ0) is 17.4. The fraction of sp³-hybridized carbons (Fsp3) is 0. The third kappa shape index (κ3) is 2.75. The topological polar surface area (TPSA) is 68.1 Å². The molecule has 122 valence electrons. The normalized spacial score (nSPS) is 10.9. The number of halogens is 1. The van der Waals surface area contributed by atoms with Gasteiger partial charge < -0.3 is 5.32 Å². The zero-order valence-electron chi connectivity index (χ0n) is 12.9. The molecule has 1 heterocycles. The second kappa shape index (κ2) is 6.03. The van der Waals surface area contributed by atoms with Crippen molar-refractivity contribution in [3.63, 3.8) is 0 Å². The van der Waals surface area contributed by atoms with Gasteiger partial charge in [0, 0.05) is 22.5 Å². The Kier molecular flexibility index (Phi) is 3.71. The summed E-state index contributed by atoms with van der Waals surface area (Å²) in [6, 6.07) is 20.3. The van der Waals surface area contributed by atoms with E-state index in [4.69, 9.17) is 11.6 Å². The highest BCUT2D eigenvalue weighted by molar-refractivity contribution is 6.32. The summed E-state index contributed by atoms with van der Waals surface area (Å²) in [5.74, 6) is 0. The molecule has 25 heavy (non-hydrogen) atoms. The van der Waals surface area contributed by atoms with Crippen molar-refractivity contribution in [2.45, 2.75) is 0 Å². The summed E-state index contributed by atoms with van der Waals surface area (Å²) in [5, 5.41) is 16.4. The smallest absolute Gasteiger partial charge is 0.289 e. The molecule has 0 saturated carbocycles. The van der Waals surface area contributed by atoms with E-state index in [0.29, 0.717) is 5.69 Å². The van der Waals surface area contributed by atoms with E-state index in [1.807, 2.05) is 48.5 Å². The van der Waals surface area contributed by atoms with Crippen LogP contribution in [0.1, 0.15) is 0 Å². The first-order valence-electron chi connectivity index (χ1n) is 7.62. The Balaban J connectivity index is 1.93. The van der Waals surface area contributed by atoms with E-state index in [0.717, 1.165) is 27.5 Å². The molecule has 6 heteroatoms. The molecular formula is C19H12ClN3O2. The van der Waals surface area contributed by atoms with E-state index in [2.05, 4.69) is 10.3 Å². The number of nitrogens with one attached hydrogen (secondary N) is 1. The quantitative estimate of drug-likeness (QED) is 0.293. The third-order valence-corrected chi connectivity index (χ3v) is 4.32. The summed E-state index contributed by atoms with van der Waals surface area (Å²) in [6.45, 7) is 0. The first-order chi connectivity index (χ1) is 12.1. The lowest BCUT2D eigenvalue weighted by Crippen LogP contribution is -1.97. The van der Waals surface area contributed by atoms with Crippen molar-refractivity contribution in [2.24, 2.45) is 0 Å². The summed E-state index contributed by atoms with van der Waals surface area (Å²) >= 11 is 5.90. The average Bonchev–Trinajstić information content (AvgIpc) is 2.62. The molecule has 5 nitrogen and oxygen atoms in total. The maximum atomic E-state index is 11.1. The van der Waals surface area contributed by atoms with Crippen LogP contribution in [-0.4, -0.2) is 9.91 Å². The molecule has 1 N–H and O–H groups in total. The predicted molar refractivity (Wildman–Crippen MR) is 101 cm³/mol. The van der Waals surface area contributed by atoms with Crippen molar-refractivity contribution in [2.75, 3.05) is 5.32 Å². The molecule has 4 rings (SSSR count). The van der Waals surface area contributed by atoms with Gasteiger partial charge >= 0.3 is 0 Å². The highest BCUT2D eigenvalue weighted by Crippen LogP contribution is 2.35. The number of nitrogens with zero attached hydrogens (tertiary/aromatic N) is 2. The zero-order valence-corrected chi connectivity index (χ0v) is 13.7. The van der Waals surface area contributed by atoms with Crippen LogP contribution in [0.4, 0.5) is 17.1 Å². The molecule has 4 aromatic rings. The van der Waals surface area contributed by atoms with Crippen LogP contribution < -0.4 is 5.32 Å². The fourth-order valence-corrected chi connectivity index (χ4v) is 3.04. The Hall–Kier alpha value is -3.18. The number of aromatic nitrogens is 1. The van der Waals surface area contributed by atoms with E-state index in [-0.39, 0.29) is 10.7 Å². The molecule has 0 saturated heterocycles. The van der Waals surface area contributed by atoms with Crippen LogP contribution >= 0.6 is 11.6 Å². The van der Waals surface area contributed by atoms with Gasteiger partial charge in [-0.15, -0.1) is 0 Å². The molecule has 0 spiro atoms. The van der Waals surface area contributed by atoms with E-state index >= 15 is 0 Å². The van der Waals surface area contributed by atoms with Gasteiger partial charge in [0.1, 0.15) is 5.02 Å². The van der Waals surface area contributed by atoms with Crippen LogP contribution in [0.2, 0.25) is 5.02 Å². The number of rotatable bonds is 3. The van der Waals surface area contributed by atoms with Crippen LogP contribution in [0.5, 0.6) is 0 Å². The third-order valence-electron chi connectivity index (χ3n) is 4.00. The molecule has 3 aromatic carbocycles. The monoisotopic (exact) mass is 349 g/mol. The summed E-state index contributed by atoms with van der Waals surface area (Å²) < 4.78 is 0. The number of benzene rings is 3. The number of hydrogen-bond acceptors (Lipinski definition) is 4. The highest BCUT2D eigenvalue weighted by atomic mass is 35.5. The van der Waals surface area contributed by atoms with Crippen molar-refractivity contribution in [3.05, 3.63) is 81.9 Å². The average molecular weight is 350 g/mol. The number of pyridine rings is 1. The molecular weight excluding hydrogens is 338 g/mol. The number of fused-ring (bicyclic) bond motifs is 2. The summed E-state index contributed by atoms with van der Waals surface area (Å²) in [5.41, 5.74) is 3.03. The van der Waals surface area contributed by atoms with Crippen molar-refractivity contribution in [3.8, 4) is 0 Å². The van der Waals surface area contributed by atoms with E-state index in [9.17, 15) is 10.1 Å². The second-order valence-corrected chi connectivity index (χ2v) is 5.98. The van der Waals surface area contributed by atoms with Gasteiger partial charge in [0.25, 0.3) is 5.69 Å². The predicted octanol–water partition coefficient (Wildman–Crippen LogP) is 5.69. The Labute approximate surface area is 148 Å². The van der Waals surface area contributed by atoms with Crippen LogP contribution in [0.25, 0.3) is 21.8 Å². The Morgan fingerprint density at radius 1 is 0.920 bits per heavy atom. The van der Waals surface area contributed by atoms with Gasteiger partial charge in [-0.3, -0.25) is 10.1 Å². The molecule has 1 aromatic heterocycles. The van der Waals surface area contributed by atoms with Gasteiger partial charge in [0.15, 0.2) is 0 Å².